The van der Waals surface area contributed by atoms with E-state index < -0.39 is 10.0 Å². The van der Waals surface area contributed by atoms with Crippen molar-refractivity contribution in [2.75, 3.05) is 42.8 Å². The Morgan fingerprint density at radius 1 is 0.889 bits per heavy atom. The van der Waals surface area contributed by atoms with Crippen molar-refractivity contribution in [3.05, 3.63) is 52.6 Å². The Hall–Kier alpha value is -2.05. The maximum atomic E-state index is 13.3. The predicted octanol–water partition coefficient (Wildman–Crippen LogP) is 3.47. The fourth-order valence-corrected chi connectivity index (χ4v) is 5.35. The fourth-order valence-electron chi connectivity index (χ4n) is 3.66. The highest BCUT2D eigenvalue weighted by Crippen LogP contribution is 2.32. The molecule has 27 heavy (non-hydrogen) atoms. The van der Waals surface area contributed by atoms with Crippen molar-refractivity contribution in [3.63, 3.8) is 0 Å². The van der Waals surface area contributed by atoms with Crippen molar-refractivity contribution in [3.8, 4) is 0 Å². The van der Waals surface area contributed by atoms with Gasteiger partial charge >= 0.3 is 0 Å². The number of hydrogen-bond donors (Lipinski definition) is 1. The zero-order chi connectivity index (χ0) is 19.8. The van der Waals surface area contributed by atoms with Crippen molar-refractivity contribution < 1.29 is 8.42 Å². The average molecular weight is 388 g/mol. The predicted molar refractivity (Wildman–Crippen MR) is 112 cm³/mol. The largest absolute Gasteiger partial charge is 0.367 e. The lowest BCUT2D eigenvalue weighted by Gasteiger charge is -2.35. The normalized spacial score (nSPS) is 15.8. The standard InChI is InChI=1S/C21H29N3O2S/c1-15-14-16(2)18(4)21(17(15)3)27(25,26)22-19-8-6-7-9-20(19)24-12-10-23(5)11-13-24/h6-9,14,22H,10-13H2,1-5H3. The minimum absolute atomic E-state index is 0.396. The summed E-state index contributed by atoms with van der Waals surface area (Å²) in [5.74, 6) is 0. The molecule has 0 aliphatic carbocycles. The van der Waals surface area contributed by atoms with Crippen LogP contribution in [-0.2, 0) is 10.0 Å². The number of likely N-dealkylation sites (N-methyl/N-ethyl adjacent to an activating group) is 1. The molecule has 0 saturated carbocycles. The van der Waals surface area contributed by atoms with E-state index in [0.717, 1.165) is 54.1 Å². The van der Waals surface area contributed by atoms with E-state index in [1.54, 1.807) is 0 Å². The first-order valence-corrected chi connectivity index (χ1v) is 10.8. The van der Waals surface area contributed by atoms with Gasteiger partial charge in [-0.3, -0.25) is 4.72 Å². The molecule has 3 rings (SSSR count). The van der Waals surface area contributed by atoms with E-state index in [-0.39, 0.29) is 0 Å². The third-order valence-corrected chi connectivity index (χ3v) is 7.20. The Morgan fingerprint density at radius 3 is 2.04 bits per heavy atom. The topological polar surface area (TPSA) is 52.7 Å². The molecule has 0 spiro atoms. The number of aryl methyl sites for hydroxylation is 2. The summed E-state index contributed by atoms with van der Waals surface area (Å²) in [4.78, 5) is 4.93. The highest BCUT2D eigenvalue weighted by molar-refractivity contribution is 7.92. The number of nitrogens with one attached hydrogen (secondary N) is 1. The number of anilines is 2. The first-order chi connectivity index (χ1) is 12.7. The molecule has 0 aromatic heterocycles. The smallest absolute Gasteiger partial charge is 0.262 e. The van der Waals surface area contributed by atoms with Crippen LogP contribution in [0.1, 0.15) is 22.3 Å². The third kappa shape index (κ3) is 3.96. The summed E-state index contributed by atoms with van der Waals surface area (Å²) in [5, 5.41) is 0. The molecule has 1 aliphatic heterocycles. The molecule has 0 bridgehead atoms. The van der Waals surface area contributed by atoms with Crippen LogP contribution in [0.15, 0.2) is 35.2 Å². The van der Waals surface area contributed by atoms with E-state index in [0.29, 0.717) is 10.6 Å². The molecule has 0 amide bonds. The molecule has 2 aromatic rings. The Labute approximate surface area is 163 Å². The van der Waals surface area contributed by atoms with Crippen LogP contribution in [0.4, 0.5) is 11.4 Å². The van der Waals surface area contributed by atoms with Gasteiger partial charge in [0.1, 0.15) is 0 Å². The average Bonchev–Trinajstić information content (AvgIpc) is 2.61. The van der Waals surface area contributed by atoms with Gasteiger partial charge in [-0.2, -0.15) is 0 Å². The first-order valence-electron chi connectivity index (χ1n) is 9.33. The zero-order valence-corrected chi connectivity index (χ0v) is 17.7. The molecular formula is C21H29N3O2S. The van der Waals surface area contributed by atoms with Crippen molar-refractivity contribution in [2.45, 2.75) is 32.6 Å². The number of piperazine rings is 1. The van der Waals surface area contributed by atoms with Crippen LogP contribution < -0.4 is 9.62 Å². The Balaban J connectivity index is 1.99. The second kappa shape index (κ2) is 7.52. The van der Waals surface area contributed by atoms with Gasteiger partial charge in [-0.25, -0.2) is 8.42 Å². The second-order valence-electron chi connectivity index (χ2n) is 7.50. The minimum atomic E-state index is -3.68. The summed E-state index contributed by atoms with van der Waals surface area (Å²) in [6.07, 6.45) is 0. The van der Waals surface area contributed by atoms with Gasteiger partial charge in [0, 0.05) is 26.2 Å². The number of para-hydroxylation sites is 2. The summed E-state index contributed by atoms with van der Waals surface area (Å²) >= 11 is 0. The van der Waals surface area contributed by atoms with E-state index in [1.165, 1.54) is 0 Å². The quantitative estimate of drug-likeness (QED) is 0.873. The number of nitrogens with zero attached hydrogens (tertiary/aromatic N) is 2. The third-order valence-electron chi connectivity index (χ3n) is 5.56. The summed E-state index contributed by atoms with van der Waals surface area (Å²) in [7, 11) is -1.57. The number of rotatable bonds is 4. The van der Waals surface area contributed by atoms with Gasteiger partial charge in [0.15, 0.2) is 0 Å². The number of benzene rings is 2. The van der Waals surface area contributed by atoms with E-state index in [2.05, 4.69) is 21.6 Å². The van der Waals surface area contributed by atoms with Gasteiger partial charge in [-0.05, 0) is 69.1 Å². The molecule has 5 nitrogen and oxygen atoms in total. The van der Waals surface area contributed by atoms with Gasteiger partial charge in [-0.1, -0.05) is 18.2 Å². The summed E-state index contributed by atoms with van der Waals surface area (Å²) in [6, 6.07) is 9.71. The zero-order valence-electron chi connectivity index (χ0n) is 16.8. The maximum Gasteiger partial charge on any atom is 0.262 e. The molecule has 1 aliphatic rings. The van der Waals surface area contributed by atoms with Crippen molar-refractivity contribution in [1.29, 1.82) is 0 Å². The molecule has 0 atom stereocenters. The van der Waals surface area contributed by atoms with Crippen LogP contribution in [-0.4, -0.2) is 46.5 Å². The monoisotopic (exact) mass is 387 g/mol. The molecule has 6 heteroatoms. The minimum Gasteiger partial charge on any atom is -0.367 e. The van der Waals surface area contributed by atoms with E-state index in [9.17, 15) is 8.42 Å². The molecular weight excluding hydrogens is 358 g/mol. The van der Waals surface area contributed by atoms with E-state index in [1.807, 2.05) is 58.0 Å². The lowest BCUT2D eigenvalue weighted by atomic mass is 10.0. The molecule has 1 N–H and O–H groups in total. The molecule has 1 fully saturated rings. The van der Waals surface area contributed by atoms with Crippen LogP contribution >= 0.6 is 0 Å². The van der Waals surface area contributed by atoms with Gasteiger partial charge in [0.05, 0.1) is 16.3 Å². The van der Waals surface area contributed by atoms with Crippen molar-refractivity contribution in [2.24, 2.45) is 0 Å². The van der Waals surface area contributed by atoms with E-state index >= 15 is 0 Å². The number of hydrogen-bond acceptors (Lipinski definition) is 4. The van der Waals surface area contributed by atoms with Gasteiger partial charge < -0.3 is 9.80 Å². The highest BCUT2D eigenvalue weighted by atomic mass is 32.2. The van der Waals surface area contributed by atoms with Gasteiger partial charge in [-0.15, -0.1) is 0 Å². The SMILES string of the molecule is Cc1cc(C)c(C)c(S(=O)(=O)Nc2ccccc2N2CCN(C)CC2)c1C. The summed E-state index contributed by atoms with van der Waals surface area (Å²) in [5.41, 5.74) is 5.18. The Morgan fingerprint density at radius 2 is 1.44 bits per heavy atom. The first kappa shape index (κ1) is 19.7. The lowest BCUT2D eigenvalue weighted by Crippen LogP contribution is -2.44. The maximum absolute atomic E-state index is 13.3. The molecule has 0 radical (unpaired) electrons. The van der Waals surface area contributed by atoms with Crippen molar-refractivity contribution in [1.82, 2.24) is 4.90 Å². The fraction of sp³-hybridized carbons (Fsp3) is 0.429. The molecule has 1 saturated heterocycles. The lowest BCUT2D eigenvalue weighted by molar-refractivity contribution is 0.313. The summed E-state index contributed by atoms with van der Waals surface area (Å²) < 4.78 is 29.5. The van der Waals surface area contributed by atoms with Gasteiger partial charge in [0.25, 0.3) is 10.0 Å². The summed E-state index contributed by atoms with van der Waals surface area (Å²) in [6.45, 7) is 11.4. The highest BCUT2D eigenvalue weighted by Gasteiger charge is 2.24. The van der Waals surface area contributed by atoms with Crippen molar-refractivity contribution >= 4 is 21.4 Å². The Bertz CT molecular complexity index is 920. The molecule has 0 unspecified atom stereocenters. The molecule has 2 aromatic carbocycles. The van der Waals surface area contributed by atoms with E-state index in [4.69, 9.17) is 0 Å². The number of sulfonamides is 1. The molecule has 146 valence electrons. The van der Waals surface area contributed by atoms with Crippen LogP contribution in [0.25, 0.3) is 0 Å². The van der Waals surface area contributed by atoms with Crippen LogP contribution in [0.2, 0.25) is 0 Å². The van der Waals surface area contributed by atoms with Crippen LogP contribution in [0.5, 0.6) is 0 Å². The van der Waals surface area contributed by atoms with Gasteiger partial charge in [0.2, 0.25) is 0 Å². The Kier molecular flexibility index (Phi) is 5.49. The second-order valence-corrected chi connectivity index (χ2v) is 9.12. The van der Waals surface area contributed by atoms with Crippen LogP contribution in [0.3, 0.4) is 0 Å². The molecule has 1 heterocycles. The van der Waals surface area contributed by atoms with Crippen LogP contribution in [0, 0.1) is 27.7 Å².